The van der Waals surface area contributed by atoms with Gasteiger partial charge in [0.15, 0.2) is 5.69 Å². The Kier molecular flexibility index (Phi) is 4.27. The predicted octanol–water partition coefficient (Wildman–Crippen LogP) is 2.15. The monoisotopic (exact) mass is 305 g/mol. The van der Waals surface area contributed by atoms with Crippen LogP contribution in [0.25, 0.3) is 0 Å². The lowest BCUT2D eigenvalue weighted by Gasteiger charge is -2.27. The molecule has 0 amide bonds. The number of hydrogen-bond acceptors (Lipinski definition) is 4. The molecular formula is C13H18F3N3O2. The van der Waals surface area contributed by atoms with Crippen LogP contribution in [0.5, 0.6) is 0 Å². The minimum Gasteiger partial charge on any atom is -0.468 e. The number of nitrogens with zero attached hydrogens (tertiary/aromatic N) is 2. The standard InChI is InChI=1S/C13H18F3N3O2/c1-3-17-12(11(20)21-2)6-4-9(8-12)19-7-5-10(18-19)13(14,15)16/h5,7,9,17H,3-4,6,8H2,1-2H3. The van der Waals surface area contributed by atoms with Crippen LogP contribution in [0, 0.1) is 0 Å². The Morgan fingerprint density at radius 3 is 2.86 bits per heavy atom. The first kappa shape index (κ1) is 15.8. The van der Waals surface area contributed by atoms with Crippen LogP contribution < -0.4 is 5.32 Å². The summed E-state index contributed by atoms with van der Waals surface area (Å²) in [4.78, 5) is 12.0. The maximum atomic E-state index is 12.6. The molecule has 0 bridgehead atoms. The summed E-state index contributed by atoms with van der Waals surface area (Å²) in [7, 11) is 1.31. The zero-order valence-corrected chi connectivity index (χ0v) is 11.9. The summed E-state index contributed by atoms with van der Waals surface area (Å²) in [5, 5.41) is 6.69. The van der Waals surface area contributed by atoms with Gasteiger partial charge in [0.25, 0.3) is 0 Å². The van der Waals surface area contributed by atoms with Gasteiger partial charge in [0.05, 0.1) is 13.2 Å². The van der Waals surface area contributed by atoms with Gasteiger partial charge in [-0.3, -0.25) is 9.48 Å². The molecule has 1 aliphatic carbocycles. The van der Waals surface area contributed by atoms with Crippen LogP contribution in [-0.2, 0) is 15.7 Å². The number of halogens is 3. The Balaban J connectivity index is 2.17. The highest BCUT2D eigenvalue weighted by Gasteiger charge is 2.47. The summed E-state index contributed by atoms with van der Waals surface area (Å²) in [6, 6.07) is 0.699. The van der Waals surface area contributed by atoms with Gasteiger partial charge in [-0.2, -0.15) is 18.3 Å². The summed E-state index contributed by atoms with van der Waals surface area (Å²) in [5.41, 5.74) is -1.75. The van der Waals surface area contributed by atoms with E-state index in [-0.39, 0.29) is 12.0 Å². The smallest absolute Gasteiger partial charge is 0.435 e. The van der Waals surface area contributed by atoms with E-state index in [0.29, 0.717) is 25.8 Å². The van der Waals surface area contributed by atoms with E-state index in [9.17, 15) is 18.0 Å². The lowest BCUT2D eigenvalue weighted by atomic mass is 9.97. The second-order valence-corrected chi connectivity index (χ2v) is 5.18. The van der Waals surface area contributed by atoms with Crippen molar-refractivity contribution in [3.63, 3.8) is 0 Å². The van der Waals surface area contributed by atoms with Gasteiger partial charge in [0, 0.05) is 6.20 Å². The van der Waals surface area contributed by atoms with E-state index in [1.165, 1.54) is 18.0 Å². The second-order valence-electron chi connectivity index (χ2n) is 5.18. The number of esters is 1. The predicted molar refractivity (Wildman–Crippen MR) is 68.5 cm³/mol. The molecule has 1 aliphatic rings. The highest BCUT2D eigenvalue weighted by atomic mass is 19.4. The second kappa shape index (κ2) is 5.67. The van der Waals surface area contributed by atoms with Crippen molar-refractivity contribution in [2.75, 3.05) is 13.7 Å². The van der Waals surface area contributed by atoms with Crippen molar-refractivity contribution >= 4 is 5.97 Å². The van der Waals surface area contributed by atoms with E-state index < -0.39 is 17.4 Å². The van der Waals surface area contributed by atoms with Gasteiger partial charge in [-0.05, 0) is 31.9 Å². The van der Waals surface area contributed by atoms with Crippen LogP contribution in [0.2, 0.25) is 0 Å². The SMILES string of the molecule is CCNC1(C(=O)OC)CCC(n2ccc(C(F)(F)F)n2)C1. The van der Waals surface area contributed by atoms with Gasteiger partial charge < -0.3 is 10.1 Å². The van der Waals surface area contributed by atoms with Gasteiger partial charge >= 0.3 is 12.1 Å². The van der Waals surface area contributed by atoms with E-state index in [1.54, 1.807) is 0 Å². The van der Waals surface area contributed by atoms with Crippen LogP contribution in [0.4, 0.5) is 13.2 Å². The molecule has 0 aromatic carbocycles. The number of carbonyl (C=O) groups excluding carboxylic acids is 1. The van der Waals surface area contributed by atoms with Crippen LogP contribution in [0.15, 0.2) is 12.3 Å². The maximum Gasteiger partial charge on any atom is 0.435 e. The van der Waals surface area contributed by atoms with E-state index in [0.717, 1.165) is 6.07 Å². The van der Waals surface area contributed by atoms with E-state index in [4.69, 9.17) is 4.74 Å². The first-order chi connectivity index (χ1) is 9.82. The Bertz CT molecular complexity index is 515. The lowest BCUT2D eigenvalue weighted by molar-refractivity contribution is -0.148. The van der Waals surface area contributed by atoms with Gasteiger partial charge in [0.1, 0.15) is 5.54 Å². The van der Waals surface area contributed by atoms with Crippen molar-refractivity contribution in [2.24, 2.45) is 0 Å². The van der Waals surface area contributed by atoms with Crippen molar-refractivity contribution in [3.05, 3.63) is 18.0 Å². The molecule has 0 spiro atoms. The van der Waals surface area contributed by atoms with E-state index >= 15 is 0 Å². The van der Waals surface area contributed by atoms with Crippen LogP contribution in [0.1, 0.15) is 37.9 Å². The number of ether oxygens (including phenoxy) is 1. The number of hydrogen-bond donors (Lipinski definition) is 1. The summed E-state index contributed by atoms with van der Waals surface area (Å²) < 4.78 is 43.9. The molecule has 1 aromatic heterocycles. The van der Waals surface area contributed by atoms with Crippen molar-refractivity contribution in [1.29, 1.82) is 0 Å². The van der Waals surface area contributed by atoms with Gasteiger partial charge in [-0.25, -0.2) is 0 Å². The number of alkyl halides is 3. The molecule has 1 fully saturated rings. The fraction of sp³-hybridized carbons (Fsp3) is 0.692. The number of aromatic nitrogens is 2. The molecule has 118 valence electrons. The highest BCUT2D eigenvalue weighted by Crippen LogP contribution is 2.39. The quantitative estimate of drug-likeness (QED) is 0.866. The average molecular weight is 305 g/mol. The number of methoxy groups -OCH3 is 1. The first-order valence-corrected chi connectivity index (χ1v) is 6.78. The molecule has 5 nitrogen and oxygen atoms in total. The molecule has 8 heteroatoms. The molecule has 0 radical (unpaired) electrons. The molecule has 1 N–H and O–H groups in total. The molecule has 2 atom stereocenters. The minimum atomic E-state index is -4.45. The Morgan fingerprint density at radius 1 is 1.62 bits per heavy atom. The van der Waals surface area contributed by atoms with Gasteiger partial charge in [-0.15, -0.1) is 0 Å². The molecule has 21 heavy (non-hydrogen) atoms. The van der Waals surface area contributed by atoms with E-state index in [1.807, 2.05) is 6.92 Å². The zero-order valence-electron chi connectivity index (χ0n) is 11.9. The molecule has 1 aromatic rings. The third kappa shape index (κ3) is 3.04. The van der Waals surface area contributed by atoms with Crippen molar-refractivity contribution < 1.29 is 22.7 Å². The number of rotatable bonds is 4. The normalized spacial score (nSPS) is 26.0. The van der Waals surface area contributed by atoms with Crippen molar-refractivity contribution in [1.82, 2.24) is 15.1 Å². The van der Waals surface area contributed by atoms with Gasteiger partial charge in [0.2, 0.25) is 0 Å². The Morgan fingerprint density at radius 2 is 2.33 bits per heavy atom. The van der Waals surface area contributed by atoms with Crippen molar-refractivity contribution in [3.8, 4) is 0 Å². The van der Waals surface area contributed by atoms with Crippen LogP contribution >= 0.6 is 0 Å². The Hall–Kier alpha value is -1.57. The van der Waals surface area contributed by atoms with Crippen LogP contribution in [0.3, 0.4) is 0 Å². The average Bonchev–Trinajstić information content (AvgIpc) is 3.04. The summed E-state index contributed by atoms with van der Waals surface area (Å²) in [6.07, 6.45) is -1.69. The molecule has 2 unspecified atom stereocenters. The summed E-state index contributed by atoms with van der Waals surface area (Å²) in [5.74, 6) is -0.380. The topological polar surface area (TPSA) is 56.1 Å². The number of nitrogens with one attached hydrogen (secondary N) is 1. The maximum absolute atomic E-state index is 12.6. The zero-order chi connectivity index (χ0) is 15.7. The Labute approximate surface area is 120 Å². The molecule has 1 saturated carbocycles. The summed E-state index contributed by atoms with van der Waals surface area (Å²) >= 11 is 0. The number of likely N-dealkylation sites (N-methyl/N-ethyl adjacent to an activating group) is 1. The van der Waals surface area contributed by atoms with Gasteiger partial charge in [-0.1, -0.05) is 6.92 Å². The third-order valence-electron chi connectivity index (χ3n) is 3.85. The minimum absolute atomic E-state index is 0.251. The highest BCUT2D eigenvalue weighted by molar-refractivity contribution is 5.81. The lowest BCUT2D eigenvalue weighted by Crippen LogP contribution is -2.50. The fourth-order valence-corrected chi connectivity index (χ4v) is 2.89. The molecular weight excluding hydrogens is 287 g/mol. The molecule has 0 aliphatic heterocycles. The molecule has 0 saturated heterocycles. The van der Waals surface area contributed by atoms with Crippen LogP contribution in [-0.4, -0.2) is 34.9 Å². The van der Waals surface area contributed by atoms with E-state index in [2.05, 4.69) is 10.4 Å². The molecule has 2 rings (SSSR count). The third-order valence-corrected chi connectivity index (χ3v) is 3.85. The number of carbonyl (C=O) groups is 1. The molecule has 1 heterocycles. The van der Waals surface area contributed by atoms with Crippen molar-refractivity contribution in [2.45, 2.75) is 43.9 Å². The summed E-state index contributed by atoms with van der Waals surface area (Å²) in [6.45, 7) is 2.45. The first-order valence-electron chi connectivity index (χ1n) is 6.78. The fourth-order valence-electron chi connectivity index (χ4n) is 2.89. The largest absolute Gasteiger partial charge is 0.468 e.